The quantitative estimate of drug-likeness (QED) is 0.246. The van der Waals surface area contributed by atoms with Crippen LogP contribution in [0.4, 0.5) is 5.69 Å². The van der Waals surface area contributed by atoms with E-state index in [4.69, 9.17) is 16.3 Å². The van der Waals surface area contributed by atoms with Gasteiger partial charge in [0.1, 0.15) is 5.75 Å². The number of ether oxygens (including phenoxy) is 1. The number of aryl methyl sites for hydroxylation is 1. The minimum atomic E-state index is -0.263. The van der Waals surface area contributed by atoms with E-state index in [1.54, 1.807) is 4.57 Å². The number of carbonyl (C=O) groups excluding carboxylic acids is 1. The molecule has 1 fully saturated rings. The van der Waals surface area contributed by atoms with Gasteiger partial charge in [-0.3, -0.25) is 14.4 Å². The Kier molecular flexibility index (Phi) is 7.16. The van der Waals surface area contributed by atoms with E-state index < -0.39 is 0 Å². The molecule has 0 bridgehead atoms. The summed E-state index contributed by atoms with van der Waals surface area (Å²) >= 11 is 6.30. The summed E-state index contributed by atoms with van der Waals surface area (Å²) in [7, 11) is 0. The van der Waals surface area contributed by atoms with Gasteiger partial charge in [-0.05, 0) is 62.4 Å². The largest absolute Gasteiger partial charge is 0.494 e. The normalized spacial score (nSPS) is 16.3. The van der Waals surface area contributed by atoms with Gasteiger partial charge < -0.3 is 9.64 Å². The predicted octanol–water partition coefficient (Wildman–Crippen LogP) is 6.29. The third-order valence-corrected chi connectivity index (χ3v) is 7.67. The number of unbranched alkanes of at least 4 members (excludes halogenated alkanes) is 2. The Morgan fingerprint density at radius 2 is 1.85 bits per heavy atom. The van der Waals surface area contributed by atoms with Crippen molar-refractivity contribution in [3.63, 3.8) is 0 Å². The number of hydrogen-bond acceptors (Lipinski definition) is 5. The number of halogens is 1. The summed E-state index contributed by atoms with van der Waals surface area (Å²) < 4.78 is 7.70. The Balaban J connectivity index is 1.08. The highest BCUT2D eigenvalue weighted by Gasteiger charge is 2.31. The topological polar surface area (TPSA) is 76.8 Å². The van der Waals surface area contributed by atoms with Gasteiger partial charge in [0.05, 0.1) is 35.1 Å². The van der Waals surface area contributed by atoms with Crippen molar-refractivity contribution in [1.82, 2.24) is 14.5 Å². The van der Waals surface area contributed by atoms with Crippen molar-refractivity contribution in [3.8, 4) is 17.0 Å². The lowest BCUT2D eigenvalue weighted by Crippen LogP contribution is -2.35. The standard InChI is InChI=1S/C31H29ClN4O3/c32-22-11-14-28-26(18-22)29(21-8-3-1-4-9-21)34-31(38)36(28)15-5-2-6-17-39-24-12-13-25-27(19-24)33-20-23-10-7-16-35(23)30(25)37/h1,3-4,8-9,11-14,18-20,23H,2,5-7,10,15-17H2. The second-order valence-electron chi connectivity index (χ2n) is 10.00. The van der Waals surface area contributed by atoms with Crippen LogP contribution in [-0.2, 0) is 6.54 Å². The van der Waals surface area contributed by atoms with Crippen molar-refractivity contribution in [3.05, 3.63) is 87.8 Å². The number of rotatable bonds is 8. The SMILES string of the molecule is O=C1c2ccc(OCCCCCn3c(=O)nc(-c4ccccc4)c4cc(Cl)ccc43)cc2N=CC2CCCN12. The van der Waals surface area contributed by atoms with Gasteiger partial charge in [0.15, 0.2) is 0 Å². The number of nitrogens with zero attached hydrogens (tertiary/aromatic N) is 4. The van der Waals surface area contributed by atoms with Crippen LogP contribution in [0.2, 0.25) is 5.02 Å². The molecule has 1 aromatic heterocycles. The second kappa shape index (κ2) is 11.0. The molecule has 3 aromatic carbocycles. The summed E-state index contributed by atoms with van der Waals surface area (Å²) in [5.74, 6) is 0.758. The molecule has 2 aliphatic heterocycles. The molecular weight excluding hydrogens is 512 g/mol. The minimum Gasteiger partial charge on any atom is -0.494 e. The van der Waals surface area contributed by atoms with Gasteiger partial charge in [-0.1, -0.05) is 41.9 Å². The van der Waals surface area contributed by atoms with Crippen LogP contribution in [0.5, 0.6) is 5.75 Å². The van der Waals surface area contributed by atoms with Crippen LogP contribution in [0, 0.1) is 0 Å². The lowest BCUT2D eigenvalue weighted by atomic mass is 10.1. The lowest BCUT2D eigenvalue weighted by Gasteiger charge is -2.19. The van der Waals surface area contributed by atoms with Crippen LogP contribution in [-0.4, -0.2) is 45.8 Å². The van der Waals surface area contributed by atoms with Crippen molar-refractivity contribution >= 4 is 40.3 Å². The van der Waals surface area contributed by atoms with E-state index in [1.807, 2.05) is 77.8 Å². The van der Waals surface area contributed by atoms with Crippen molar-refractivity contribution in [2.75, 3.05) is 13.2 Å². The van der Waals surface area contributed by atoms with E-state index in [1.165, 1.54) is 0 Å². The Labute approximate surface area is 231 Å². The molecule has 1 saturated heterocycles. The summed E-state index contributed by atoms with van der Waals surface area (Å²) in [5.41, 5.74) is 3.41. The summed E-state index contributed by atoms with van der Waals surface area (Å²) in [6.45, 7) is 1.89. The minimum absolute atomic E-state index is 0.0490. The first kappa shape index (κ1) is 25.3. The zero-order chi connectivity index (χ0) is 26.8. The average molecular weight is 541 g/mol. The highest BCUT2D eigenvalue weighted by atomic mass is 35.5. The van der Waals surface area contributed by atoms with Crippen LogP contribution in [0.25, 0.3) is 22.2 Å². The molecule has 7 nitrogen and oxygen atoms in total. The first-order chi connectivity index (χ1) is 19.1. The van der Waals surface area contributed by atoms with Gasteiger partial charge in [0.25, 0.3) is 5.91 Å². The van der Waals surface area contributed by atoms with Crippen LogP contribution in [0.3, 0.4) is 0 Å². The van der Waals surface area contributed by atoms with Gasteiger partial charge in [-0.15, -0.1) is 0 Å². The highest BCUT2D eigenvalue weighted by Crippen LogP contribution is 2.32. The number of hydrogen-bond donors (Lipinski definition) is 0. The Bertz CT molecular complexity index is 1620. The number of aromatic nitrogens is 2. The van der Waals surface area contributed by atoms with Gasteiger partial charge in [-0.25, -0.2) is 4.79 Å². The van der Waals surface area contributed by atoms with Gasteiger partial charge in [0.2, 0.25) is 0 Å². The molecule has 3 heterocycles. The molecule has 1 atom stereocenters. The fourth-order valence-corrected chi connectivity index (χ4v) is 5.61. The van der Waals surface area contributed by atoms with Crippen LogP contribution in [0.1, 0.15) is 42.5 Å². The molecule has 39 heavy (non-hydrogen) atoms. The molecule has 0 N–H and O–H groups in total. The van der Waals surface area contributed by atoms with Gasteiger partial charge >= 0.3 is 5.69 Å². The number of carbonyl (C=O) groups is 1. The fraction of sp³-hybridized carbons (Fsp3) is 0.290. The first-order valence-corrected chi connectivity index (χ1v) is 13.8. The van der Waals surface area contributed by atoms with E-state index in [-0.39, 0.29) is 17.6 Å². The number of benzene rings is 3. The molecule has 1 amide bonds. The van der Waals surface area contributed by atoms with Crippen molar-refractivity contribution in [2.24, 2.45) is 4.99 Å². The summed E-state index contributed by atoms with van der Waals surface area (Å²) in [5, 5.41) is 1.47. The van der Waals surface area contributed by atoms with Crippen molar-refractivity contribution < 1.29 is 9.53 Å². The fourth-order valence-electron chi connectivity index (χ4n) is 5.43. The van der Waals surface area contributed by atoms with Crippen molar-refractivity contribution in [1.29, 1.82) is 0 Å². The van der Waals surface area contributed by atoms with Gasteiger partial charge in [0, 0.05) is 41.3 Å². The molecule has 0 aliphatic carbocycles. The van der Waals surface area contributed by atoms with Crippen LogP contribution in [0.15, 0.2) is 76.5 Å². The van der Waals surface area contributed by atoms with Crippen molar-refractivity contribution in [2.45, 2.75) is 44.7 Å². The Morgan fingerprint density at radius 3 is 2.72 bits per heavy atom. The highest BCUT2D eigenvalue weighted by molar-refractivity contribution is 6.31. The van der Waals surface area contributed by atoms with E-state index >= 15 is 0 Å². The zero-order valence-corrected chi connectivity index (χ0v) is 22.3. The molecule has 1 unspecified atom stereocenters. The summed E-state index contributed by atoms with van der Waals surface area (Å²) in [6, 6.07) is 20.9. The Hall–Kier alpha value is -3.97. The molecule has 8 heteroatoms. The number of fused-ring (bicyclic) bond motifs is 3. The molecule has 0 saturated carbocycles. The molecular formula is C31H29ClN4O3. The maximum absolute atomic E-state index is 13.0. The van der Waals surface area contributed by atoms with Gasteiger partial charge in [-0.2, -0.15) is 4.98 Å². The lowest BCUT2D eigenvalue weighted by molar-refractivity contribution is 0.0775. The molecule has 0 spiro atoms. The third kappa shape index (κ3) is 5.19. The molecule has 2 aliphatic rings. The molecule has 198 valence electrons. The zero-order valence-electron chi connectivity index (χ0n) is 21.6. The average Bonchev–Trinajstić information content (AvgIpc) is 3.38. The second-order valence-corrected chi connectivity index (χ2v) is 10.4. The third-order valence-electron chi connectivity index (χ3n) is 7.43. The predicted molar refractivity (Wildman–Crippen MR) is 154 cm³/mol. The maximum Gasteiger partial charge on any atom is 0.348 e. The molecule has 0 radical (unpaired) electrons. The number of amides is 1. The van der Waals surface area contributed by atoms with E-state index in [0.717, 1.165) is 55.1 Å². The van der Waals surface area contributed by atoms with E-state index in [0.29, 0.717) is 40.9 Å². The van der Waals surface area contributed by atoms with Crippen LogP contribution < -0.4 is 10.4 Å². The first-order valence-electron chi connectivity index (χ1n) is 13.5. The smallest absolute Gasteiger partial charge is 0.348 e. The van der Waals surface area contributed by atoms with Crippen LogP contribution >= 0.6 is 11.6 Å². The number of aliphatic imine (C=N–C) groups is 1. The summed E-state index contributed by atoms with van der Waals surface area (Å²) in [4.78, 5) is 36.8. The summed E-state index contributed by atoms with van der Waals surface area (Å²) in [6.07, 6.45) is 6.42. The Morgan fingerprint density at radius 1 is 0.974 bits per heavy atom. The maximum atomic E-state index is 13.0. The molecule has 4 aromatic rings. The molecule has 6 rings (SSSR count). The van der Waals surface area contributed by atoms with E-state index in [2.05, 4.69) is 9.98 Å². The van der Waals surface area contributed by atoms with E-state index in [9.17, 15) is 9.59 Å². The monoisotopic (exact) mass is 540 g/mol.